The Hall–Kier alpha value is -2.01. The highest BCUT2D eigenvalue weighted by Gasteiger charge is 2.21. The first-order chi connectivity index (χ1) is 11.2. The predicted octanol–water partition coefficient (Wildman–Crippen LogP) is 4.17. The maximum absolute atomic E-state index is 13.5. The van der Waals surface area contributed by atoms with Crippen LogP contribution in [0, 0.1) is 11.7 Å². The Bertz CT molecular complexity index is 738. The van der Waals surface area contributed by atoms with Crippen molar-refractivity contribution in [2.24, 2.45) is 11.0 Å². The van der Waals surface area contributed by atoms with E-state index < -0.39 is 0 Å². The monoisotopic (exact) mass is 330 g/mol. The number of hydrazone groups is 1. The minimum atomic E-state index is -0.359. The van der Waals surface area contributed by atoms with Gasteiger partial charge < -0.3 is 0 Å². The van der Waals surface area contributed by atoms with E-state index in [1.165, 1.54) is 35.6 Å². The number of fused-ring (bicyclic) bond motifs is 1. The zero-order chi connectivity index (χ0) is 16.2. The van der Waals surface area contributed by atoms with Gasteiger partial charge in [0.25, 0.3) is 5.91 Å². The summed E-state index contributed by atoms with van der Waals surface area (Å²) in [5, 5.41) is 3.86. The van der Waals surface area contributed by atoms with Crippen molar-refractivity contribution < 1.29 is 9.18 Å². The van der Waals surface area contributed by atoms with Crippen LogP contribution in [0.5, 0.6) is 0 Å². The fraction of sp³-hybridized carbons (Fsp3) is 0.333. The number of nitrogens with one attached hydrogen (secondary N) is 1. The zero-order valence-corrected chi connectivity index (χ0v) is 13.8. The molecule has 0 spiro atoms. The average Bonchev–Trinajstić information content (AvgIpc) is 2.99. The van der Waals surface area contributed by atoms with E-state index in [9.17, 15) is 9.18 Å². The van der Waals surface area contributed by atoms with Gasteiger partial charge in [-0.05, 0) is 42.9 Å². The van der Waals surface area contributed by atoms with Crippen molar-refractivity contribution in [1.82, 2.24) is 5.43 Å². The van der Waals surface area contributed by atoms with Crippen LogP contribution in [-0.2, 0) is 12.8 Å². The lowest BCUT2D eigenvalue weighted by Gasteiger charge is -2.19. The maximum atomic E-state index is 13.5. The maximum Gasteiger partial charge on any atom is 0.281 e. The number of nitrogens with zero attached hydrogens (tertiary/aromatic N) is 1. The molecule has 0 radical (unpaired) electrons. The van der Waals surface area contributed by atoms with E-state index in [0.717, 1.165) is 18.8 Å². The van der Waals surface area contributed by atoms with Crippen molar-refractivity contribution in [1.29, 1.82) is 0 Å². The van der Waals surface area contributed by atoms with Crippen molar-refractivity contribution in [3.05, 3.63) is 57.0 Å². The minimum absolute atomic E-state index is 0.231. The first-order valence-corrected chi connectivity index (χ1v) is 8.68. The molecule has 5 heteroatoms. The topological polar surface area (TPSA) is 41.5 Å². The molecule has 0 bridgehead atoms. The fourth-order valence-electron chi connectivity index (χ4n) is 2.85. The van der Waals surface area contributed by atoms with Gasteiger partial charge in [-0.25, -0.2) is 9.82 Å². The standard InChI is InChI=1S/C18H19FN2OS/c1-2-12-7-8-16-14(9-12)10-17(23-16)18(22)21-20-11-13-5-3-4-6-15(13)19/h3-6,10-12H,2,7-9H2,1H3,(H,21,22)/b20-11-/t12-/m0/s1. The summed E-state index contributed by atoms with van der Waals surface area (Å²) in [6.07, 6.45) is 5.84. The van der Waals surface area contributed by atoms with Crippen LogP contribution in [0.4, 0.5) is 4.39 Å². The van der Waals surface area contributed by atoms with Crippen LogP contribution in [0.3, 0.4) is 0 Å². The molecule has 1 N–H and O–H groups in total. The lowest BCUT2D eigenvalue weighted by Crippen LogP contribution is -2.16. The zero-order valence-electron chi connectivity index (χ0n) is 13.0. The normalized spacial score (nSPS) is 17.2. The number of carbonyl (C=O) groups is 1. The Balaban J connectivity index is 1.65. The van der Waals surface area contributed by atoms with E-state index >= 15 is 0 Å². The van der Waals surface area contributed by atoms with Gasteiger partial charge in [-0.15, -0.1) is 11.3 Å². The van der Waals surface area contributed by atoms with Crippen LogP contribution in [-0.4, -0.2) is 12.1 Å². The SMILES string of the molecule is CC[C@H]1CCc2sc(C(=O)N/N=C\c3ccccc3F)cc2C1. The van der Waals surface area contributed by atoms with Gasteiger partial charge in [0.15, 0.2) is 0 Å². The number of halogens is 1. The molecule has 1 atom stereocenters. The molecule has 1 aliphatic carbocycles. The number of aryl methyl sites for hydroxylation is 1. The summed E-state index contributed by atoms with van der Waals surface area (Å²) in [7, 11) is 0. The van der Waals surface area contributed by atoms with Gasteiger partial charge in [-0.1, -0.05) is 31.5 Å². The summed E-state index contributed by atoms with van der Waals surface area (Å²) >= 11 is 1.55. The molecule has 2 aromatic rings. The van der Waals surface area contributed by atoms with Crippen molar-refractivity contribution in [2.75, 3.05) is 0 Å². The molecule has 0 unspecified atom stereocenters. The van der Waals surface area contributed by atoms with E-state index in [-0.39, 0.29) is 11.7 Å². The van der Waals surface area contributed by atoms with Crippen molar-refractivity contribution in [3.8, 4) is 0 Å². The van der Waals surface area contributed by atoms with E-state index in [2.05, 4.69) is 17.5 Å². The number of thiophene rings is 1. The molecule has 1 aromatic heterocycles. The number of rotatable bonds is 4. The summed E-state index contributed by atoms with van der Waals surface area (Å²) < 4.78 is 13.5. The van der Waals surface area contributed by atoms with Crippen LogP contribution in [0.25, 0.3) is 0 Å². The molecular weight excluding hydrogens is 311 g/mol. The van der Waals surface area contributed by atoms with Gasteiger partial charge in [0.1, 0.15) is 5.82 Å². The van der Waals surface area contributed by atoms with Crippen LogP contribution in [0.1, 0.15) is 45.4 Å². The second kappa shape index (κ2) is 7.04. The molecule has 120 valence electrons. The molecule has 0 fully saturated rings. The van der Waals surface area contributed by atoms with Gasteiger partial charge in [-0.2, -0.15) is 5.10 Å². The van der Waals surface area contributed by atoms with Crippen molar-refractivity contribution in [2.45, 2.75) is 32.6 Å². The molecule has 3 nitrogen and oxygen atoms in total. The molecule has 0 aliphatic heterocycles. The van der Waals surface area contributed by atoms with Crippen LogP contribution in [0.2, 0.25) is 0 Å². The molecule has 0 saturated carbocycles. The highest BCUT2D eigenvalue weighted by molar-refractivity contribution is 7.14. The summed E-state index contributed by atoms with van der Waals surface area (Å²) in [5.41, 5.74) is 4.14. The predicted molar refractivity (Wildman–Crippen MR) is 91.6 cm³/mol. The van der Waals surface area contributed by atoms with Gasteiger partial charge in [-0.3, -0.25) is 4.79 Å². The summed E-state index contributed by atoms with van der Waals surface area (Å²) in [6.45, 7) is 2.22. The Morgan fingerprint density at radius 2 is 2.30 bits per heavy atom. The number of amides is 1. The number of carbonyl (C=O) groups excluding carboxylic acids is 1. The van der Waals surface area contributed by atoms with Gasteiger partial charge in [0, 0.05) is 10.4 Å². The first-order valence-electron chi connectivity index (χ1n) is 7.87. The van der Waals surface area contributed by atoms with Crippen LogP contribution >= 0.6 is 11.3 Å². The number of hydrogen-bond acceptors (Lipinski definition) is 3. The van der Waals surface area contributed by atoms with Gasteiger partial charge in [0.2, 0.25) is 0 Å². The molecule has 1 amide bonds. The molecule has 1 aliphatic rings. The lowest BCUT2D eigenvalue weighted by molar-refractivity contribution is 0.0959. The molecule has 1 heterocycles. The third kappa shape index (κ3) is 3.67. The first kappa shape index (κ1) is 15.9. The molecule has 0 saturated heterocycles. The summed E-state index contributed by atoms with van der Waals surface area (Å²) in [4.78, 5) is 14.2. The highest BCUT2D eigenvalue weighted by Crippen LogP contribution is 2.33. The Kier molecular flexibility index (Phi) is 4.86. The average molecular weight is 330 g/mol. The summed E-state index contributed by atoms with van der Waals surface area (Å²) in [5.74, 6) is 0.139. The molecule has 1 aromatic carbocycles. The van der Waals surface area contributed by atoms with Crippen molar-refractivity contribution >= 4 is 23.5 Å². The number of hydrogen-bond donors (Lipinski definition) is 1. The third-order valence-electron chi connectivity index (χ3n) is 4.26. The van der Waals surface area contributed by atoms with E-state index in [1.807, 2.05) is 6.07 Å². The smallest absolute Gasteiger partial charge is 0.266 e. The van der Waals surface area contributed by atoms with E-state index in [4.69, 9.17) is 0 Å². The molecule has 3 rings (SSSR count). The largest absolute Gasteiger partial charge is 0.281 e. The van der Waals surface area contributed by atoms with E-state index in [0.29, 0.717) is 10.4 Å². The van der Waals surface area contributed by atoms with E-state index in [1.54, 1.807) is 29.5 Å². The second-order valence-corrected chi connectivity index (χ2v) is 6.93. The van der Waals surface area contributed by atoms with Crippen LogP contribution in [0.15, 0.2) is 35.4 Å². The Labute approximate surface area is 139 Å². The Morgan fingerprint density at radius 1 is 1.48 bits per heavy atom. The second-order valence-electron chi connectivity index (χ2n) is 5.80. The van der Waals surface area contributed by atoms with Gasteiger partial charge in [0.05, 0.1) is 11.1 Å². The van der Waals surface area contributed by atoms with Crippen molar-refractivity contribution in [3.63, 3.8) is 0 Å². The lowest BCUT2D eigenvalue weighted by atomic mass is 9.87. The fourth-order valence-corrected chi connectivity index (χ4v) is 3.95. The molecule has 23 heavy (non-hydrogen) atoms. The van der Waals surface area contributed by atoms with Gasteiger partial charge >= 0.3 is 0 Å². The highest BCUT2D eigenvalue weighted by atomic mass is 32.1. The minimum Gasteiger partial charge on any atom is -0.266 e. The third-order valence-corrected chi connectivity index (χ3v) is 5.50. The van der Waals surface area contributed by atoms with Crippen LogP contribution < -0.4 is 5.43 Å². The summed E-state index contributed by atoms with van der Waals surface area (Å²) in [6, 6.07) is 8.30. The Morgan fingerprint density at radius 3 is 3.09 bits per heavy atom. The number of benzene rings is 1. The quantitative estimate of drug-likeness (QED) is 0.663. The molecular formula is C18H19FN2OS.